The van der Waals surface area contributed by atoms with Crippen LogP contribution in [-0.2, 0) is 4.79 Å². The molecule has 0 spiro atoms. The molecule has 0 aromatic rings. The highest BCUT2D eigenvalue weighted by Crippen LogP contribution is 2.20. The van der Waals surface area contributed by atoms with Gasteiger partial charge in [0.25, 0.3) is 0 Å². The topological polar surface area (TPSA) is 52.9 Å². The van der Waals surface area contributed by atoms with Gasteiger partial charge in [0, 0.05) is 11.8 Å². The second-order valence-corrected chi connectivity index (χ2v) is 5.15. The van der Waals surface area contributed by atoms with Gasteiger partial charge in [-0.1, -0.05) is 13.8 Å². The van der Waals surface area contributed by atoms with Crippen LogP contribution in [0.4, 0.5) is 0 Å². The van der Waals surface area contributed by atoms with E-state index in [1.54, 1.807) is 18.7 Å². The molecule has 0 heterocycles. The summed E-state index contributed by atoms with van der Waals surface area (Å²) < 4.78 is 0. The Kier molecular flexibility index (Phi) is 6.42. The van der Waals surface area contributed by atoms with E-state index in [1.807, 2.05) is 13.8 Å². The first kappa shape index (κ1) is 14.3. The monoisotopic (exact) mass is 228 g/mol. The van der Waals surface area contributed by atoms with Gasteiger partial charge in [-0.05, 0) is 26.0 Å². The van der Waals surface area contributed by atoms with Crippen molar-refractivity contribution in [2.75, 3.05) is 11.5 Å². The molecule has 0 aromatic heterocycles. The van der Waals surface area contributed by atoms with E-state index in [4.69, 9.17) is 5.26 Å². The van der Waals surface area contributed by atoms with E-state index in [1.165, 1.54) is 0 Å². The lowest BCUT2D eigenvalue weighted by Gasteiger charge is -2.21. The van der Waals surface area contributed by atoms with Crippen molar-refractivity contribution in [1.82, 2.24) is 5.32 Å². The zero-order chi connectivity index (χ0) is 11.9. The number of carbonyl (C=O) groups excluding carboxylic acids is 1. The van der Waals surface area contributed by atoms with Crippen molar-refractivity contribution >= 4 is 17.7 Å². The lowest BCUT2D eigenvalue weighted by molar-refractivity contribution is -0.128. The Morgan fingerprint density at radius 2 is 2.20 bits per heavy atom. The highest BCUT2D eigenvalue weighted by Gasteiger charge is 2.31. The van der Waals surface area contributed by atoms with Crippen LogP contribution in [-0.4, -0.2) is 23.5 Å². The standard InChI is InChI=1S/C11H20N2OS/c1-5-11(4,8-12)10(14)13-9(3)7-15-6-2/h9H,5-7H2,1-4H3,(H,13,14). The molecule has 0 aromatic carbocycles. The Hall–Kier alpha value is -0.690. The number of nitriles is 1. The van der Waals surface area contributed by atoms with Crippen LogP contribution in [0.15, 0.2) is 0 Å². The largest absolute Gasteiger partial charge is 0.351 e. The molecule has 0 aliphatic carbocycles. The number of hydrogen-bond acceptors (Lipinski definition) is 3. The number of nitrogens with one attached hydrogen (secondary N) is 1. The Balaban J connectivity index is 4.18. The Morgan fingerprint density at radius 3 is 2.60 bits per heavy atom. The number of thioether (sulfide) groups is 1. The third kappa shape index (κ3) is 4.57. The zero-order valence-corrected chi connectivity index (χ0v) is 10.8. The van der Waals surface area contributed by atoms with E-state index in [9.17, 15) is 4.79 Å². The molecule has 0 rings (SSSR count). The smallest absolute Gasteiger partial charge is 0.240 e. The molecule has 1 N–H and O–H groups in total. The maximum absolute atomic E-state index is 11.8. The average molecular weight is 228 g/mol. The Bertz CT molecular complexity index is 249. The first-order chi connectivity index (χ1) is 7.00. The van der Waals surface area contributed by atoms with Gasteiger partial charge in [0.05, 0.1) is 6.07 Å². The van der Waals surface area contributed by atoms with E-state index in [2.05, 4.69) is 18.3 Å². The molecule has 0 saturated heterocycles. The molecular formula is C11H20N2OS. The third-order valence-corrected chi connectivity index (χ3v) is 3.55. The fraction of sp³-hybridized carbons (Fsp3) is 0.818. The summed E-state index contributed by atoms with van der Waals surface area (Å²) in [5.74, 6) is 1.79. The summed E-state index contributed by atoms with van der Waals surface area (Å²) >= 11 is 1.79. The van der Waals surface area contributed by atoms with Gasteiger partial charge in [-0.3, -0.25) is 4.79 Å². The third-order valence-electron chi connectivity index (χ3n) is 2.40. The van der Waals surface area contributed by atoms with Gasteiger partial charge in [0.2, 0.25) is 5.91 Å². The molecule has 0 radical (unpaired) electrons. The van der Waals surface area contributed by atoms with Crippen LogP contribution in [0.25, 0.3) is 0 Å². The number of hydrogen-bond donors (Lipinski definition) is 1. The lowest BCUT2D eigenvalue weighted by Crippen LogP contribution is -2.43. The van der Waals surface area contributed by atoms with Crippen LogP contribution >= 0.6 is 11.8 Å². The zero-order valence-electron chi connectivity index (χ0n) is 9.96. The van der Waals surface area contributed by atoms with Crippen molar-refractivity contribution in [3.8, 4) is 6.07 Å². The van der Waals surface area contributed by atoms with Crippen molar-refractivity contribution in [3.63, 3.8) is 0 Å². The van der Waals surface area contributed by atoms with Gasteiger partial charge in [-0.2, -0.15) is 17.0 Å². The molecule has 0 aliphatic heterocycles. The van der Waals surface area contributed by atoms with E-state index in [0.717, 1.165) is 11.5 Å². The SMILES string of the molecule is CCSCC(C)NC(=O)C(C)(C#N)CC. The molecule has 1 amide bonds. The minimum atomic E-state index is -0.884. The molecule has 3 nitrogen and oxygen atoms in total. The summed E-state index contributed by atoms with van der Waals surface area (Å²) in [5, 5.41) is 11.8. The molecular weight excluding hydrogens is 208 g/mol. The summed E-state index contributed by atoms with van der Waals surface area (Å²) in [7, 11) is 0. The average Bonchev–Trinajstić information content (AvgIpc) is 2.24. The quantitative estimate of drug-likeness (QED) is 0.758. The van der Waals surface area contributed by atoms with Crippen molar-refractivity contribution in [1.29, 1.82) is 5.26 Å². The van der Waals surface area contributed by atoms with Crippen molar-refractivity contribution in [3.05, 3.63) is 0 Å². The summed E-state index contributed by atoms with van der Waals surface area (Å²) in [6.07, 6.45) is 0.545. The minimum Gasteiger partial charge on any atom is -0.351 e. The summed E-state index contributed by atoms with van der Waals surface area (Å²) in [6.45, 7) is 7.59. The van der Waals surface area contributed by atoms with Crippen LogP contribution in [0.5, 0.6) is 0 Å². The predicted molar refractivity (Wildman–Crippen MR) is 64.6 cm³/mol. The van der Waals surface area contributed by atoms with Crippen LogP contribution in [0.1, 0.15) is 34.1 Å². The molecule has 0 aliphatic rings. The summed E-state index contributed by atoms with van der Waals surface area (Å²) in [5.41, 5.74) is -0.884. The second kappa shape index (κ2) is 6.73. The van der Waals surface area contributed by atoms with E-state index >= 15 is 0 Å². The minimum absolute atomic E-state index is 0.127. The molecule has 0 fully saturated rings. The Labute approximate surface area is 96.6 Å². The van der Waals surface area contributed by atoms with E-state index in [-0.39, 0.29) is 11.9 Å². The summed E-state index contributed by atoms with van der Waals surface area (Å²) in [4.78, 5) is 11.8. The molecule has 86 valence electrons. The number of rotatable bonds is 6. The maximum atomic E-state index is 11.8. The van der Waals surface area contributed by atoms with Gasteiger partial charge in [0.1, 0.15) is 5.41 Å². The van der Waals surface area contributed by atoms with Gasteiger partial charge in [-0.15, -0.1) is 0 Å². The van der Waals surface area contributed by atoms with Crippen molar-refractivity contribution in [2.24, 2.45) is 5.41 Å². The lowest BCUT2D eigenvalue weighted by atomic mass is 9.88. The van der Waals surface area contributed by atoms with Crippen LogP contribution in [0.2, 0.25) is 0 Å². The van der Waals surface area contributed by atoms with Gasteiger partial charge in [0.15, 0.2) is 0 Å². The van der Waals surface area contributed by atoms with E-state index in [0.29, 0.717) is 6.42 Å². The molecule has 2 atom stereocenters. The van der Waals surface area contributed by atoms with E-state index < -0.39 is 5.41 Å². The fourth-order valence-corrected chi connectivity index (χ4v) is 1.68. The molecule has 2 unspecified atom stereocenters. The van der Waals surface area contributed by atoms with Gasteiger partial charge >= 0.3 is 0 Å². The van der Waals surface area contributed by atoms with Crippen LogP contribution < -0.4 is 5.32 Å². The number of amides is 1. The molecule has 4 heteroatoms. The molecule has 0 saturated carbocycles. The number of carbonyl (C=O) groups is 1. The van der Waals surface area contributed by atoms with Crippen LogP contribution in [0.3, 0.4) is 0 Å². The van der Waals surface area contributed by atoms with Crippen molar-refractivity contribution < 1.29 is 4.79 Å². The highest BCUT2D eigenvalue weighted by atomic mass is 32.2. The van der Waals surface area contributed by atoms with Gasteiger partial charge < -0.3 is 5.32 Å². The summed E-state index contributed by atoms with van der Waals surface area (Å²) in [6, 6.07) is 2.20. The second-order valence-electron chi connectivity index (χ2n) is 3.83. The van der Waals surface area contributed by atoms with Crippen LogP contribution in [0, 0.1) is 16.7 Å². The predicted octanol–water partition coefficient (Wildman–Crippen LogP) is 2.18. The fourth-order valence-electron chi connectivity index (χ4n) is 1.01. The number of nitrogens with zero attached hydrogens (tertiary/aromatic N) is 1. The maximum Gasteiger partial charge on any atom is 0.240 e. The van der Waals surface area contributed by atoms with Crippen molar-refractivity contribution in [2.45, 2.75) is 40.2 Å². The molecule has 15 heavy (non-hydrogen) atoms. The highest BCUT2D eigenvalue weighted by molar-refractivity contribution is 7.99. The first-order valence-corrected chi connectivity index (χ1v) is 6.45. The first-order valence-electron chi connectivity index (χ1n) is 5.30. The van der Waals surface area contributed by atoms with Gasteiger partial charge in [-0.25, -0.2) is 0 Å². The Morgan fingerprint density at radius 1 is 1.60 bits per heavy atom. The normalized spacial score (nSPS) is 16.2. The molecule has 0 bridgehead atoms.